The van der Waals surface area contributed by atoms with Gasteiger partial charge in [-0.3, -0.25) is 4.52 Å². The Morgan fingerprint density at radius 2 is 1.75 bits per heavy atom. The number of unbranched alkanes of at least 4 members (excludes halogenated alkanes) is 3. The molecule has 0 saturated carbocycles. The maximum Gasteiger partial charge on any atom is 0.469 e. The SMILES string of the molecule is CCCCCCC(O)[C@@H](O)COP(=O)(O)O. The number of phosphoric acid groups is 1. The van der Waals surface area contributed by atoms with E-state index >= 15 is 0 Å². The quantitative estimate of drug-likeness (QED) is 0.359. The molecule has 0 aliphatic rings. The minimum atomic E-state index is -4.57. The standard InChI is InChI=1S/C9H21O6P/c1-2-3-4-5-6-8(10)9(11)7-15-16(12,13)14/h8-11H,2-7H2,1H3,(H2,12,13,14)/t8?,9-/m0/s1. The molecule has 0 amide bonds. The molecule has 0 heterocycles. The molecule has 0 radical (unpaired) electrons. The molecule has 16 heavy (non-hydrogen) atoms. The van der Waals surface area contributed by atoms with Gasteiger partial charge in [0, 0.05) is 0 Å². The topological polar surface area (TPSA) is 107 Å². The zero-order chi connectivity index (χ0) is 12.6. The summed E-state index contributed by atoms with van der Waals surface area (Å²) < 4.78 is 14.4. The van der Waals surface area contributed by atoms with E-state index in [1.165, 1.54) is 0 Å². The third-order valence-corrected chi connectivity index (χ3v) is 2.70. The second-order valence-corrected chi connectivity index (χ2v) is 5.01. The monoisotopic (exact) mass is 256 g/mol. The average Bonchev–Trinajstić information content (AvgIpc) is 2.19. The molecule has 0 bridgehead atoms. The molecule has 0 aromatic heterocycles. The van der Waals surface area contributed by atoms with E-state index in [1.807, 2.05) is 0 Å². The third kappa shape index (κ3) is 9.27. The lowest BCUT2D eigenvalue weighted by atomic mass is 10.1. The molecule has 1 unspecified atom stereocenters. The van der Waals surface area contributed by atoms with E-state index in [0.29, 0.717) is 6.42 Å². The Morgan fingerprint density at radius 3 is 2.25 bits per heavy atom. The second kappa shape index (κ2) is 8.17. The predicted octanol–water partition coefficient (Wildman–Crippen LogP) is 0.788. The molecule has 6 nitrogen and oxygen atoms in total. The fraction of sp³-hybridized carbons (Fsp3) is 1.00. The Labute approximate surface area is 95.5 Å². The summed E-state index contributed by atoms with van der Waals surface area (Å²) >= 11 is 0. The Hall–Kier alpha value is 0.0300. The third-order valence-electron chi connectivity index (χ3n) is 2.21. The van der Waals surface area contributed by atoms with E-state index in [-0.39, 0.29) is 0 Å². The lowest BCUT2D eigenvalue weighted by Crippen LogP contribution is -2.30. The van der Waals surface area contributed by atoms with Gasteiger partial charge in [0.25, 0.3) is 0 Å². The van der Waals surface area contributed by atoms with Crippen molar-refractivity contribution in [3.8, 4) is 0 Å². The van der Waals surface area contributed by atoms with Gasteiger partial charge in [-0.15, -0.1) is 0 Å². The maximum absolute atomic E-state index is 10.3. The molecule has 0 aromatic rings. The zero-order valence-corrected chi connectivity index (χ0v) is 10.3. The van der Waals surface area contributed by atoms with Gasteiger partial charge in [0.2, 0.25) is 0 Å². The Morgan fingerprint density at radius 1 is 1.12 bits per heavy atom. The smallest absolute Gasteiger partial charge is 0.390 e. The molecule has 0 saturated heterocycles. The van der Waals surface area contributed by atoms with Gasteiger partial charge in [0.15, 0.2) is 0 Å². The summed E-state index contributed by atoms with van der Waals surface area (Å²) in [7, 11) is -4.57. The molecule has 4 N–H and O–H groups in total. The van der Waals surface area contributed by atoms with E-state index in [0.717, 1.165) is 25.7 Å². The first-order valence-corrected chi connectivity index (χ1v) is 6.96. The number of hydrogen-bond acceptors (Lipinski definition) is 4. The highest BCUT2D eigenvalue weighted by atomic mass is 31.2. The van der Waals surface area contributed by atoms with Crippen molar-refractivity contribution in [2.24, 2.45) is 0 Å². The number of aliphatic hydroxyl groups excluding tert-OH is 2. The normalized spacial score (nSPS) is 16.1. The highest BCUT2D eigenvalue weighted by Gasteiger charge is 2.21. The molecule has 7 heteroatoms. The maximum atomic E-state index is 10.3. The van der Waals surface area contributed by atoms with Crippen LogP contribution in [0.4, 0.5) is 0 Å². The van der Waals surface area contributed by atoms with Crippen LogP contribution in [0.1, 0.15) is 39.0 Å². The molecule has 0 spiro atoms. The van der Waals surface area contributed by atoms with Crippen molar-refractivity contribution in [2.75, 3.05) is 6.61 Å². The van der Waals surface area contributed by atoms with Crippen LogP contribution >= 0.6 is 7.82 Å². The van der Waals surface area contributed by atoms with Crippen molar-refractivity contribution >= 4 is 7.82 Å². The van der Waals surface area contributed by atoms with Crippen molar-refractivity contribution in [2.45, 2.75) is 51.2 Å². The highest BCUT2D eigenvalue weighted by Crippen LogP contribution is 2.35. The molecule has 0 fully saturated rings. The summed E-state index contributed by atoms with van der Waals surface area (Å²) in [6, 6.07) is 0. The van der Waals surface area contributed by atoms with E-state index in [4.69, 9.17) is 9.79 Å². The minimum Gasteiger partial charge on any atom is -0.390 e. The van der Waals surface area contributed by atoms with Crippen LogP contribution in [0.25, 0.3) is 0 Å². The van der Waals surface area contributed by atoms with Crippen LogP contribution in [-0.2, 0) is 9.09 Å². The Kier molecular flexibility index (Phi) is 8.18. The van der Waals surface area contributed by atoms with Gasteiger partial charge in [0.1, 0.15) is 6.10 Å². The lowest BCUT2D eigenvalue weighted by Gasteiger charge is -2.17. The second-order valence-electron chi connectivity index (χ2n) is 3.77. The Bertz CT molecular complexity index is 216. The minimum absolute atomic E-state index is 0.408. The van der Waals surface area contributed by atoms with Gasteiger partial charge in [0.05, 0.1) is 12.7 Å². The number of hydrogen-bond donors (Lipinski definition) is 4. The largest absolute Gasteiger partial charge is 0.469 e. The van der Waals surface area contributed by atoms with Crippen molar-refractivity contribution in [3.05, 3.63) is 0 Å². The molecule has 2 atom stereocenters. The van der Waals surface area contributed by atoms with Crippen LogP contribution in [0.3, 0.4) is 0 Å². The number of rotatable bonds is 9. The van der Waals surface area contributed by atoms with Gasteiger partial charge in [-0.25, -0.2) is 4.57 Å². The van der Waals surface area contributed by atoms with E-state index in [9.17, 15) is 14.8 Å². The number of aliphatic hydroxyl groups is 2. The average molecular weight is 256 g/mol. The van der Waals surface area contributed by atoms with Crippen LogP contribution in [-0.4, -0.2) is 38.8 Å². The molecular weight excluding hydrogens is 235 g/mol. The first-order chi connectivity index (χ1) is 7.37. The summed E-state index contributed by atoms with van der Waals surface area (Å²) in [6.07, 6.45) is 2.06. The van der Waals surface area contributed by atoms with Gasteiger partial charge < -0.3 is 20.0 Å². The molecule has 0 aliphatic carbocycles. The van der Waals surface area contributed by atoms with Gasteiger partial charge >= 0.3 is 7.82 Å². The van der Waals surface area contributed by atoms with E-state index in [2.05, 4.69) is 11.4 Å². The molecule has 0 rings (SSSR count). The van der Waals surface area contributed by atoms with Crippen LogP contribution in [0.5, 0.6) is 0 Å². The van der Waals surface area contributed by atoms with E-state index in [1.54, 1.807) is 0 Å². The summed E-state index contributed by atoms with van der Waals surface area (Å²) in [5.74, 6) is 0. The van der Waals surface area contributed by atoms with Crippen molar-refractivity contribution in [1.82, 2.24) is 0 Å². The van der Waals surface area contributed by atoms with E-state index < -0.39 is 26.6 Å². The summed E-state index contributed by atoms with van der Waals surface area (Å²) in [5, 5.41) is 18.8. The predicted molar refractivity (Wildman–Crippen MR) is 58.8 cm³/mol. The van der Waals surface area contributed by atoms with Gasteiger partial charge in [-0.2, -0.15) is 0 Å². The van der Waals surface area contributed by atoms with Crippen LogP contribution in [0.2, 0.25) is 0 Å². The van der Waals surface area contributed by atoms with Gasteiger partial charge in [-0.1, -0.05) is 32.6 Å². The first kappa shape index (κ1) is 16.0. The van der Waals surface area contributed by atoms with Crippen LogP contribution < -0.4 is 0 Å². The summed E-state index contributed by atoms with van der Waals surface area (Å²) in [4.78, 5) is 16.8. The first-order valence-electron chi connectivity index (χ1n) is 5.43. The van der Waals surface area contributed by atoms with Crippen LogP contribution in [0, 0.1) is 0 Å². The molecule has 0 aliphatic heterocycles. The lowest BCUT2D eigenvalue weighted by molar-refractivity contribution is -0.0182. The summed E-state index contributed by atoms with van der Waals surface area (Å²) in [5.41, 5.74) is 0. The highest BCUT2D eigenvalue weighted by molar-refractivity contribution is 7.46. The fourth-order valence-corrected chi connectivity index (χ4v) is 1.60. The van der Waals surface area contributed by atoms with Gasteiger partial charge in [-0.05, 0) is 6.42 Å². The molecule has 0 aromatic carbocycles. The van der Waals surface area contributed by atoms with Crippen molar-refractivity contribution in [1.29, 1.82) is 0 Å². The summed E-state index contributed by atoms with van der Waals surface area (Å²) in [6.45, 7) is 1.51. The van der Waals surface area contributed by atoms with Crippen LogP contribution in [0.15, 0.2) is 0 Å². The van der Waals surface area contributed by atoms with Crippen molar-refractivity contribution < 1.29 is 29.1 Å². The molecule has 98 valence electrons. The Balaban J connectivity index is 3.65. The zero-order valence-electron chi connectivity index (χ0n) is 9.45. The number of phosphoric ester groups is 1. The van der Waals surface area contributed by atoms with Crippen molar-refractivity contribution in [3.63, 3.8) is 0 Å². The molecular formula is C9H21O6P. The fourth-order valence-electron chi connectivity index (χ4n) is 1.26.